The lowest BCUT2D eigenvalue weighted by Crippen LogP contribution is -2.32. The van der Waals surface area contributed by atoms with E-state index in [9.17, 15) is 5.11 Å². The van der Waals surface area contributed by atoms with Crippen LogP contribution in [0.3, 0.4) is 0 Å². The highest BCUT2D eigenvalue weighted by Crippen LogP contribution is 2.27. The molecule has 0 aromatic heterocycles. The molecule has 1 fully saturated rings. The van der Waals surface area contributed by atoms with E-state index in [2.05, 4.69) is 24.4 Å². The lowest BCUT2D eigenvalue weighted by Gasteiger charge is -2.28. The van der Waals surface area contributed by atoms with E-state index in [1.165, 1.54) is 37.7 Å². The number of phenols is 1. The van der Waals surface area contributed by atoms with E-state index >= 15 is 0 Å². The summed E-state index contributed by atoms with van der Waals surface area (Å²) in [6.45, 7) is 7.17. The average molecular weight is 261 g/mol. The van der Waals surface area contributed by atoms with Crippen molar-refractivity contribution in [2.45, 2.75) is 65.5 Å². The number of benzene rings is 1. The molecule has 2 N–H and O–H groups in total. The monoisotopic (exact) mass is 261 g/mol. The Labute approximate surface area is 117 Å². The smallest absolute Gasteiger partial charge is 0.121 e. The molecule has 1 aromatic carbocycles. The second-order valence-electron chi connectivity index (χ2n) is 6.09. The van der Waals surface area contributed by atoms with E-state index in [0.717, 1.165) is 23.6 Å². The molecule has 2 heteroatoms. The van der Waals surface area contributed by atoms with Gasteiger partial charge in [0.15, 0.2) is 0 Å². The molecule has 0 unspecified atom stereocenters. The van der Waals surface area contributed by atoms with Gasteiger partial charge >= 0.3 is 0 Å². The molecule has 0 amide bonds. The predicted molar refractivity (Wildman–Crippen MR) is 80.5 cm³/mol. The molecule has 0 heterocycles. The maximum Gasteiger partial charge on any atom is 0.121 e. The van der Waals surface area contributed by atoms with Crippen molar-refractivity contribution < 1.29 is 5.11 Å². The summed E-state index contributed by atoms with van der Waals surface area (Å²) in [5, 5.41) is 13.5. The van der Waals surface area contributed by atoms with E-state index in [1.54, 1.807) is 0 Å². The first kappa shape index (κ1) is 14.4. The third-order valence-electron chi connectivity index (χ3n) is 4.57. The van der Waals surface area contributed by atoms with Gasteiger partial charge in [0.2, 0.25) is 0 Å². The molecule has 0 aliphatic heterocycles. The molecule has 0 atom stereocenters. The van der Waals surface area contributed by atoms with Gasteiger partial charge in [0.25, 0.3) is 0 Å². The molecule has 106 valence electrons. The molecular weight excluding hydrogens is 234 g/mol. The van der Waals surface area contributed by atoms with Crippen LogP contribution in [0.5, 0.6) is 5.75 Å². The van der Waals surface area contributed by atoms with Gasteiger partial charge in [0.05, 0.1) is 0 Å². The molecule has 0 bridgehead atoms. The minimum atomic E-state index is 0.437. The van der Waals surface area contributed by atoms with Crippen molar-refractivity contribution in [3.63, 3.8) is 0 Å². The third kappa shape index (κ3) is 3.73. The minimum Gasteiger partial charge on any atom is -0.507 e. The summed E-state index contributed by atoms with van der Waals surface area (Å²) in [7, 11) is 0. The zero-order valence-corrected chi connectivity index (χ0v) is 12.5. The summed E-state index contributed by atoms with van der Waals surface area (Å²) in [4.78, 5) is 0. The zero-order chi connectivity index (χ0) is 13.8. The lowest BCUT2D eigenvalue weighted by atomic mass is 9.84. The number of nitrogens with one attached hydrogen (secondary N) is 1. The number of aromatic hydroxyl groups is 1. The zero-order valence-electron chi connectivity index (χ0n) is 12.5. The fourth-order valence-corrected chi connectivity index (χ4v) is 3.18. The van der Waals surface area contributed by atoms with Gasteiger partial charge in [-0.15, -0.1) is 0 Å². The second kappa shape index (κ2) is 6.42. The molecule has 0 spiro atoms. The molecule has 1 aliphatic carbocycles. The Morgan fingerprint density at radius 2 is 1.68 bits per heavy atom. The van der Waals surface area contributed by atoms with Crippen LogP contribution in [0.4, 0.5) is 0 Å². The Morgan fingerprint density at radius 1 is 1.11 bits per heavy atom. The van der Waals surface area contributed by atoms with E-state index in [-0.39, 0.29) is 0 Å². The minimum absolute atomic E-state index is 0.437. The standard InChI is InChI=1S/C17H27NO/c1-4-14-5-7-16(8-6-14)18-11-15-9-12(2)17(19)13(3)10-15/h9-10,14,16,18-19H,4-8,11H2,1-3H3. The van der Waals surface area contributed by atoms with E-state index in [4.69, 9.17) is 0 Å². The van der Waals surface area contributed by atoms with Crippen molar-refractivity contribution in [2.24, 2.45) is 5.92 Å². The number of phenolic OH excluding ortho intramolecular Hbond substituents is 1. The highest BCUT2D eigenvalue weighted by atomic mass is 16.3. The van der Waals surface area contributed by atoms with Gasteiger partial charge in [-0.1, -0.05) is 25.5 Å². The maximum absolute atomic E-state index is 9.78. The largest absolute Gasteiger partial charge is 0.507 e. The molecular formula is C17H27NO. The van der Waals surface area contributed by atoms with Crippen LogP contribution in [0.25, 0.3) is 0 Å². The van der Waals surface area contributed by atoms with Crippen LogP contribution in [-0.2, 0) is 6.54 Å². The summed E-state index contributed by atoms with van der Waals surface area (Å²) in [6, 6.07) is 4.86. The lowest BCUT2D eigenvalue weighted by molar-refractivity contribution is 0.285. The number of aryl methyl sites for hydroxylation is 2. The Hall–Kier alpha value is -1.02. The highest BCUT2D eigenvalue weighted by Gasteiger charge is 2.19. The Bertz CT molecular complexity index is 396. The molecule has 2 nitrogen and oxygen atoms in total. The summed E-state index contributed by atoms with van der Waals surface area (Å²) < 4.78 is 0. The fraction of sp³-hybridized carbons (Fsp3) is 0.647. The second-order valence-corrected chi connectivity index (χ2v) is 6.09. The van der Waals surface area contributed by atoms with Crippen molar-refractivity contribution in [3.8, 4) is 5.75 Å². The molecule has 0 saturated heterocycles. The number of hydrogen-bond donors (Lipinski definition) is 2. The molecule has 2 rings (SSSR count). The van der Waals surface area contributed by atoms with Gasteiger partial charge < -0.3 is 10.4 Å². The van der Waals surface area contributed by atoms with Crippen molar-refractivity contribution in [1.29, 1.82) is 0 Å². The van der Waals surface area contributed by atoms with Gasteiger partial charge in [0, 0.05) is 12.6 Å². The van der Waals surface area contributed by atoms with Gasteiger partial charge in [0.1, 0.15) is 5.75 Å². The number of hydrogen-bond acceptors (Lipinski definition) is 2. The average Bonchev–Trinajstić information content (AvgIpc) is 2.43. The molecule has 19 heavy (non-hydrogen) atoms. The van der Waals surface area contributed by atoms with Crippen molar-refractivity contribution in [2.75, 3.05) is 0 Å². The Morgan fingerprint density at radius 3 is 2.21 bits per heavy atom. The predicted octanol–water partition coefficient (Wildman–Crippen LogP) is 4.07. The first-order valence-electron chi connectivity index (χ1n) is 7.62. The van der Waals surface area contributed by atoms with Gasteiger partial charge in [-0.05, 0) is 62.1 Å². The maximum atomic E-state index is 9.78. The summed E-state index contributed by atoms with van der Waals surface area (Å²) in [5.74, 6) is 1.39. The Balaban J connectivity index is 1.86. The quantitative estimate of drug-likeness (QED) is 0.856. The van der Waals surface area contributed by atoms with Crippen LogP contribution < -0.4 is 5.32 Å². The van der Waals surface area contributed by atoms with Crippen LogP contribution in [0.15, 0.2) is 12.1 Å². The van der Waals surface area contributed by atoms with Crippen molar-refractivity contribution >= 4 is 0 Å². The Kier molecular flexibility index (Phi) is 4.87. The van der Waals surface area contributed by atoms with Crippen molar-refractivity contribution in [3.05, 3.63) is 28.8 Å². The summed E-state index contributed by atoms with van der Waals surface area (Å²) >= 11 is 0. The number of rotatable bonds is 4. The van der Waals surface area contributed by atoms with Gasteiger partial charge in [-0.25, -0.2) is 0 Å². The summed E-state index contributed by atoms with van der Waals surface area (Å²) in [5.41, 5.74) is 3.24. The van der Waals surface area contributed by atoms with Crippen LogP contribution in [0.2, 0.25) is 0 Å². The van der Waals surface area contributed by atoms with Crippen LogP contribution in [0, 0.1) is 19.8 Å². The topological polar surface area (TPSA) is 32.3 Å². The van der Waals surface area contributed by atoms with Crippen LogP contribution in [0.1, 0.15) is 55.7 Å². The summed E-state index contributed by atoms with van der Waals surface area (Å²) in [6.07, 6.45) is 6.72. The normalized spacial score (nSPS) is 23.5. The van der Waals surface area contributed by atoms with Gasteiger partial charge in [-0.3, -0.25) is 0 Å². The van der Waals surface area contributed by atoms with E-state index in [0.29, 0.717) is 11.8 Å². The molecule has 1 aliphatic rings. The molecule has 1 aromatic rings. The van der Waals surface area contributed by atoms with E-state index in [1.807, 2.05) is 13.8 Å². The SMILES string of the molecule is CCC1CCC(NCc2cc(C)c(O)c(C)c2)CC1. The third-order valence-corrected chi connectivity index (χ3v) is 4.57. The van der Waals surface area contributed by atoms with Crippen LogP contribution >= 0.6 is 0 Å². The fourth-order valence-electron chi connectivity index (χ4n) is 3.18. The molecule has 0 radical (unpaired) electrons. The first-order valence-corrected chi connectivity index (χ1v) is 7.62. The van der Waals surface area contributed by atoms with Crippen molar-refractivity contribution in [1.82, 2.24) is 5.32 Å². The first-order chi connectivity index (χ1) is 9.10. The molecule has 1 saturated carbocycles. The van der Waals surface area contributed by atoms with Crippen LogP contribution in [-0.4, -0.2) is 11.1 Å². The van der Waals surface area contributed by atoms with Gasteiger partial charge in [-0.2, -0.15) is 0 Å². The highest BCUT2D eigenvalue weighted by molar-refractivity contribution is 5.42. The van der Waals surface area contributed by atoms with E-state index < -0.39 is 0 Å².